The molecule has 0 aromatic rings. The fourth-order valence-corrected chi connectivity index (χ4v) is 0.820. The Morgan fingerprint density at radius 3 is 2.43 bits per heavy atom. The number of halogens is 2. The first-order valence-corrected chi connectivity index (χ1v) is 4.63. The van der Waals surface area contributed by atoms with Gasteiger partial charge in [0, 0.05) is 0 Å². The maximum absolute atomic E-state index is 12.8. The average Bonchev–Trinajstić information content (AvgIpc) is 2.29. The molecule has 0 heterocycles. The molecule has 1 aliphatic carbocycles. The molecule has 0 aromatic heterocycles. The number of rotatable bonds is 1. The van der Waals surface area contributed by atoms with E-state index in [9.17, 15) is 8.78 Å². The molecular weight excluding hydrogens is 186 g/mol. The van der Waals surface area contributed by atoms with Crippen molar-refractivity contribution in [2.45, 2.75) is 26.7 Å². The van der Waals surface area contributed by atoms with Gasteiger partial charge in [-0.25, -0.2) is 8.78 Å². The van der Waals surface area contributed by atoms with Gasteiger partial charge in [0.2, 0.25) is 0 Å². The van der Waals surface area contributed by atoms with Crippen LogP contribution in [0.15, 0.2) is 35.6 Å². The Labute approximate surface area is 83.8 Å². The molecule has 0 bridgehead atoms. The summed E-state index contributed by atoms with van der Waals surface area (Å²) in [6.07, 6.45) is 5.64. The van der Waals surface area contributed by atoms with Crippen molar-refractivity contribution in [1.29, 1.82) is 0 Å². The quantitative estimate of drug-likeness (QED) is 0.623. The monoisotopic (exact) mass is 202 g/mol. The van der Waals surface area contributed by atoms with Gasteiger partial charge >= 0.3 is 0 Å². The molecule has 0 fully saturated rings. The SMILES string of the molecule is CCC.COC1=C(F)C=CCC=C1F. The van der Waals surface area contributed by atoms with Crippen molar-refractivity contribution in [3.8, 4) is 0 Å². The zero-order valence-corrected chi connectivity index (χ0v) is 8.81. The van der Waals surface area contributed by atoms with Crippen molar-refractivity contribution in [2.24, 2.45) is 0 Å². The summed E-state index contributed by atoms with van der Waals surface area (Å²) >= 11 is 0. The second-order valence-electron chi connectivity index (χ2n) is 2.78. The van der Waals surface area contributed by atoms with Gasteiger partial charge in [-0.3, -0.25) is 0 Å². The van der Waals surface area contributed by atoms with Gasteiger partial charge in [0.25, 0.3) is 0 Å². The second-order valence-corrected chi connectivity index (χ2v) is 2.78. The third-order valence-corrected chi connectivity index (χ3v) is 1.34. The summed E-state index contributed by atoms with van der Waals surface area (Å²) < 4.78 is 30.0. The Morgan fingerprint density at radius 1 is 1.36 bits per heavy atom. The lowest BCUT2D eigenvalue weighted by Gasteiger charge is -2.01. The largest absolute Gasteiger partial charge is 0.491 e. The smallest absolute Gasteiger partial charge is 0.190 e. The summed E-state index contributed by atoms with van der Waals surface area (Å²) in [5.41, 5.74) is 0. The van der Waals surface area contributed by atoms with E-state index in [2.05, 4.69) is 18.6 Å². The summed E-state index contributed by atoms with van der Waals surface area (Å²) in [7, 11) is 1.24. The third-order valence-electron chi connectivity index (χ3n) is 1.34. The van der Waals surface area contributed by atoms with E-state index in [1.807, 2.05) is 0 Å². The molecule has 80 valence electrons. The van der Waals surface area contributed by atoms with E-state index >= 15 is 0 Å². The van der Waals surface area contributed by atoms with Crippen LogP contribution in [0.3, 0.4) is 0 Å². The summed E-state index contributed by atoms with van der Waals surface area (Å²) in [5.74, 6) is -1.63. The molecule has 0 atom stereocenters. The molecule has 0 saturated heterocycles. The predicted molar refractivity (Wildman–Crippen MR) is 54.1 cm³/mol. The Morgan fingerprint density at radius 2 is 1.93 bits per heavy atom. The summed E-state index contributed by atoms with van der Waals surface area (Å²) in [6.45, 7) is 4.25. The molecule has 0 aromatic carbocycles. The Bertz CT molecular complexity index is 252. The van der Waals surface area contributed by atoms with Gasteiger partial charge in [0.05, 0.1) is 7.11 Å². The van der Waals surface area contributed by atoms with E-state index in [4.69, 9.17) is 0 Å². The van der Waals surface area contributed by atoms with Crippen LogP contribution in [0, 0.1) is 0 Å². The van der Waals surface area contributed by atoms with Crippen LogP contribution in [0.5, 0.6) is 0 Å². The fraction of sp³-hybridized carbons (Fsp3) is 0.455. The number of allylic oxidation sites excluding steroid dienone is 5. The van der Waals surface area contributed by atoms with Crippen molar-refractivity contribution in [3.63, 3.8) is 0 Å². The van der Waals surface area contributed by atoms with E-state index in [0.29, 0.717) is 6.42 Å². The highest BCUT2D eigenvalue weighted by Crippen LogP contribution is 2.22. The van der Waals surface area contributed by atoms with E-state index in [1.54, 1.807) is 0 Å². The normalized spacial score (nSPS) is 15.4. The Balaban J connectivity index is 0.000000500. The van der Waals surface area contributed by atoms with Gasteiger partial charge in [-0.05, 0) is 18.6 Å². The number of hydrogen-bond donors (Lipinski definition) is 0. The third kappa shape index (κ3) is 4.21. The topological polar surface area (TPSA) is 9.23 Å². The minimum atomic E-state index is -0.668. The lowest BCUT2D eigenvalue weighted by atomic mass is 10.3. The molecule has 1 nitrogen and oxygen atoms in total. The number of hydrogen-bond acceptors (Lipinski definition) is 1. The zero-order valence-electron chi connectivity index (χ0n) is 8.81. The summed E-state index contributed by atoms with van der Waals surface area (Å²) in [6, 6.07) is 0. The minimum absolute atomic E-state index is 0.321. The van der Waals surface area contributed by atoms with Gasteiger partial charge in [0.15, 0.2) is 17.4 Å². The van der Waals surface area contributed by atoms with Crippen LogP contribution in [0.2, 0.25) is 0 Å². The Kier molecular flexibility index (Phi) is 6.72. The second kappa shape index (κ2) is 7.30. The van der Waals surface area contributed by atoms with Crippen molar-refractivity contribution in [1.82, 2.24) is 0 Å². The lowest BCUT2D eigenvalue weighted by Crippen LogP contribution is -1.89. The maximum atomic E-state index is 12.8. The molecule has 0 saturated carbocycles. The highest BCUT2D eigenvalue weighted by molar-refractivity contribution is 5.31. The van der Waals surface area contributed by atoms with E-state index in [0.717, 1.165) is 0 Å². The van der Waals surface area contributed by atoms with E-state index in [1.165, 1.54) is 31.8 Å². The summed E-state index contributed by atoms with van der Waals surface area (Å²) in [4.78, 5) is 0. The first-order valence-electron chi connectivity index (χ1n) is 4.63. The first-order chi connectivity index (χ1) is 6.67. The lowest BCUT2D eigenvalue weighted by molar-refractivity contribution is 0.270. The summed E-state index contributed by atoms with van der Waals surface area (Å²) in [5, 5.41) is 0. The van der Waals surface area contributed by atoms with Gasteiger partial charge in [-0.15, -0.1) is 0 Å². The zero-order chi connectivity index (χ0) is 11.0. The molecule has 1 rings (SSSR count). The molecule has 0 spiro atoms. The van der Waals surface area contributed by atoms with Crippen LogP contribution in [-0.4, -0.2) is 7.11 Å². The van der Waals surface area contributed by atoms with E-state index in [-0.39, 0.29) is 5.76 Å². The molecule has 0 unspecified atom stereocenters. The highest BCUT2D eigenvalue weighted by atomic mass is 19.1. The van der Waals surface area contributed by atoms with Gasteiger partial charge in [-0.1, -0.05) is 26.3 Å². The Hall–Kier alpha value is -1.12. The van der Waals surface area contributed by atoms with Gasteiger partial charge < -0.3 is 4.74 Å². The molecular formula is C11H16F2O. The van der Waals surface area contributed by atoms with Crippen molar-refractivity contribution in [2.75, 3.05) is 7.11 Å². The average molecular weight is 202 g/mol. The number of ether oxygens (including phenoxy) is 1. The minimum Gasteiger partial charge on any atom is -0.491 e. The van der Waals surface area contributed by atoms with Crippen LogP contribution in [0.4, 0.5) is 8.78 Å². The van der Waals surface area contributed by atoms with Crippen molar-refractivity contribution >= 4 is 0 Å². The molecule has 0 amide bonds. The molecule has 3 heteroatoms. The molecule has 0 aliphatic heterocycles. The van der Waals surface area contributed by atoms with Crippen LogP contribution < -0.4 is 0 Å². The van der Waals surface area contributed by atoms with E-state index < -0.39 is 11.7 Å². The number of methoxy groups -OCH3 is 1. The van der Waals surface area contributed by atoms with Crippen LogP contribution >= 0.6 is 0 Å². The maximum Gasteiger partial charge on any atom is 0.190 e. The predicted octanol–water partition coefficient (Wildman–Crippen LogP) is 4.04. The molecule has 14 heavy (non-hydrogen) atoms. The highest BCUT2D eigenvalue weighted by Gasteiger charge is 2.11. The molecule has 0 radical (unpaired) electrons. The van der Waals surface area contributed by atoms with Crippen LogP contribution in [0.1, 0.15) is 26.7 Å². The standard InChI is InChI=1S/C8H8F2O.C3H8/c1-11-8-6(9)4-2-3-5-7(8)10;1-3-2/h2,4-5H,3H2,1H3;3H2,1-2H3. The van der Waals surface area contributed by atoms with Crippen LogP contribution in [0.25, 0.3) is 0 Å². The van der Waals surface area contributed by atoms with Gasteiger partial charge in [0.1, 0.15) is 0 Å². The van der Waals surface area contributed by atoms with Gasteiger partial charge in [-0.2, -0.15) is 0 Å². The van der Waals surface area contributed by atoms with Crippen LogP contribution in [-0.2, 0) is 4.74 Å². The first kappa shape index (κ1) is 12.9. The van der Waals surface area contributed by atoms with Crippen molar-refractivity contribution in [3.05, 3.63) is 35.6 Å². The van der Waals surface area contributed by atoms with Crippen molar-refractivity contribution < 1.29 is 13.5 Å². The molecule has 0 N–H and O–H groups in total. The fourth-order valence-electron chi connectivity index (χ4n) is 0.820. The molecule has 1 aliphatic rings.